The van der Waals surface area contributed by atoms with Crippen LogP contribution < -0.4 is 5.73 Å². The zero-order valence-corrected chi connectivity index (χ0v) is 12.5. The molecule has 1 rings (SSSR count). The van der Waals surface area contributed by atoms with Gasteiger partial charge in [0.1, 0.15) is 0 Å². The average molecular weight is 334 g/mol. The molecule has 3 N–H and O–H groups in total. The first-order valence-electron chi connectivity index (χ1n) is 5.93. The summed E-state index contributed by atoms with van der Waals surface area (Å²) in [6.07, 6.45) is -2.21. The molecule has 0 spiro atoms. The number of rotatable bonds is 3. The minimum Gasteiger partial charge on any atom is -0.388 e. The van der Waals surface area contributed by atoms with Crippen molar-refractivity contribution in [1.29, 1.82) is 0 Å². The summed E-state index contributed by atoms with van der Waals surface area (Å²) in [6, 6.07) is -0.688. The molecule has 2 nitrogen and oxygen atoms in total. The number of aliphatic hydroxyl groups is 1. The van der Waals surface area contributed by atoms with Crippen LogP contribution in [0.25, 0.3) is 0 Å². The lowest BCUT2D eigenvalue weighted by atomic mass is 9.83. The Hall–Kier alpha value is -0.920. The Labute approximate surface area is 125 Å². The van der Waals surface area contributed by atoms with E-state index in [9.17, 15) is 27.1 Å². The molecule has 0 amide bonds. The van der Waals surface area contributed by atoms with Crippen LogP contribution in [0.5, 0.6) is 0 Å². The SMILES string of the molecule is CC(C)(C)[C@@H](N)C[C@H](O)c1c(F)c(F)c(F)c(F)c1F.Cl. The van der Waals surface area contributed by atoms with Gasteiger partial charge in [-0.3, -0.25) is 0 Å². The molecule has 2 atom stereocenters. The summed E-state index contributed by atoms with van der Waals surface area (Å²) < 4.78 is 65.9. The second-order valence-electron chi connectivity index (χ2n) is 5.71. The fraction of sp³-hybridized carbons (Fsp3) is 0.538. The summed E-state index contributed by atoms with van der Waals surface area (Å²) in [5.41, 5.74) is 3.98. The van der Waals surface area contributed by atoms with E-state index in [-0.39, 0.29) is 18.8 Å². The van der Waals surface area contributed by atoms with Crippen molar-refractivity contribution in [3.8, 4) is 0 Å². The minimum absolute atomic E-state index is 0. The van der Waals surface area contributed by atoms with Gasteiger partial charge in [0, 0.05) is 6.04 Å². The maximum absolute atomic E-state index is 13.5. The van der Waals surface area contributed by atoms with Crippen LogP contribution in [0.2, 0.25) is 0 Å². The monoisotopic (exact) mass is 333 g/mol. The fourth-order valence-corrected chi connectivity index (χ4v) is 1.63. The molecule has 122 valence electrons. The van der Waals surface area contributed by atoms with Gasteiger partial charge in [0.25, 0.3) is 0 Å². The van der Waals surface area contributed by atoms with E-state index in [1.165, 1.54) is 0 Å². The number of benzene rings is 1. The lowest BCUT2D eigenvalue weighted by molar-refractivity contribution is 0.123. The first-order chi connectivity index (χ1) is 8.98. The van der Waals surface area contributed by atoms with Crippen LogP contribution in [0.1, 0.15) is 38.9 Å². The third-order valence-electron chi connectivity index (χ3n) is 3.17. The van der Waals surface area contributed by atoms with Crippen LogP contribution in [0.15, 0.2) is 0 Å². The Balaban J connectivity index is 0.00000400. The van der Waals surface area contributed by atoms with Crippen molar-refractivity contribution in [3.05, 3.63) is 34.6 Å². The van der Waals surface area contributed by atoms with E-state index in [2.05, 4.69) is 0 Å². The molecule has 0 aromatic heterocycles. The van der Waals surface area contributed by atoms with Gasteiger partial charge in [-0.25, -0.2) is 22.0 Å². The molecule has 0 fully saturated rings. The molecule has 0 saturated heterocycles. The summed E-state index contributed by atoms with van der Waals surface area (Å²) in [4.78, 5) is 0. The predicted molar refractivity (Wildman–Crippen MR) is 70.5 cm³/mol. The van der Waals surface area contributed by atoms with Crippen molar-refractivity contribution >= 4 is 12.4 Å². The molecule has 0 saturated carbocycles. The Bertz CT molecular complexity index is 489. The first kappa shape index (κ1) is 20.1. The third kappa shape index (κ3) is 4.05. The van der Waals surface area contributed by atoms with Gasteiger partial charge in [-0.1, -0.05) is 20.8 Å². The van der Waals surface area contributed by atoms with Crippen LogP contribution >= 0.6 is 12.4 Å². The van der Waals surface area contributed by atoms with E-state index in [1.807, 2.05) is 0 Å². The highest BCUT2D eigenvalue weighted by atomic mass is 35.5. The summed E-state index contributed by atoms with van der Waals surface area (Å²) in [6.45, 7) is 5.18. The smallest absolute Gasteiger partial charge is 0.200 e. The standard InChI is InChI=1S/C13H16F5NO.ClH/c1-13(2,3)6(19)4-5(20)7-8(14)10(16)12(18)11(17)9(7)15;/h5-6,20H,4,19H2,1-3H3;1H/t5-,6-;/m0./s1. The molecule has 0 aliphatic carbocycles. The van der Waals surface area contributed by atoms with Gasteiger partial charge >= 0.3 is 0 Å². The van der Waals surface area contributed by atoms with Gasteiger partial charge in [-0.2, -0.15) is 0 Å². The second-order valence-corrected chi connectivity index (χ2v) is 5.71. The number of aliphatic hydroxyl groups excluding tert-OH is 1. The fourth-order valence-electron chi connectivity index (χ4n) is 1.63. The van der Waals surface area contributed by atoms with Crippen LogP contribution in [-0.4, -0.2) is 11.1 Å². The Morgan fingerprint density at radius 1 is 0.905 bits per heavy atom. The highest BCUT2D eigenvalue weighted by Crippen LogP contribution is 2.32. The maximum Gasteiger partial charge on any atom is 0.200 e. The van der Waals surface area contributed by atoms with E-state index >= 15 is 0 Å². The Morgan fingerprint density at radius 2 is 1.24 bits per heavy atom. The van der Waals surface area contributed by atoms with Crippen molar-refractivity contribution in [2.75, 3.05) is 0 Å². The summed E-state index contributed by atoms with van der Waals surface area (Å²) in [7, 11) is 0. The molecule has 1 aromatic rings. The highest BCUT2D eigenvalue weighted by Gasteiger charge is 2.32. The third-order valence-corrected chi connectivity index (χ3v) is 3.17. The normalized spacial score (nSPS) is 14.6. The zero-order valence-electron chi connectivity index (χ0n) is 11.7. The van der Waals surface area contributed by atoms with Crippen molar-refractivity contribution < 1.29 is 27.1 Å². The van der Waals surface area contributed by atoms with E-state index in [0.29, 0.717) is 0 Å². The van der Waals surface area contributed by atoms with Crippen molar-refractivity contribution in [3.63, 3.8) is 0 Å². The van der Waals surface area contributed by atoms with Gasteiger partial charge in [-0.15, -0.1) is 12.4 Å². The van der Waals surface area contributed by atoms with Gasteiger partial charge < -0.3 is 10.8 Å². The van der Waals surface area contributed by atoms with Crippen molar-refractivity contribution in [2.45, 2.75) is 39.3 Å². The van der Waals surface area contributed by atoms with Gasteiger partial charge in [0.2, 0.25) is 5.82 Å². The van der Waals surface area contributed by atoms with Crippen molar-refractivity contribution in [2.24, 2.45) is 11.1 Å². The quantitative estimate of drug-likeness (QED) is 0.504. The molecule has 8 heteroatoms. The van der Waals surface area contributed by atoms with Crippen LogP contribution in [0, 0.1) is 34.5 Å². The van der Waals surface area contributed by atoms with E-state index in [1.54, 1.807) is 20.8 Å². The molecule has 0 bridgehead atoms. The van der Waals surface area contributed by atoms with Crippen LogP contribution in [0.4, 0.5) is 22.0 Å². The Morgan fingerprint density at radius 3 is 1.57 bits per heavy atom. The molecule has 1 aromatic carbocycles. The molecule has 0 radical (unpaired) electrons. The predicted octanol–water partition coefficient (Wildman–Crippen LogP) is 3.60. The van der Waals surface area contributed by atoms with Gasteiger partial charge in [0.15, 0.2) is 23.3 Å². The summed E-state index contributed by atoms with van der Waals surface area (Å²) >= 11 is 0. The van der Waals surface area contributed by atoms with Gasteiger partial charge in [0.05, 0.1) is 11.7 Å². The number of halogens is 6. The lowest BCUT2D eigenvalue weighted by Crippen LogP contribution is -2.36. The molecular weight excluding hydrogens is 317 g/mol. The molecule has 0 aliphatic heterocycles. The number of hydrogen-bond donors (Lipinski definition) is 2. The molecule has 0 heterocycles. The lowest BCUT2D eigenvalue weighted by Gasteiger charge is -2.29. The van der Waals surface area contributed by atoms with E-state index in [4.69, 9.17) is 5.73 Å². The van der Waals surface area contributed by atoms with E-state index < -0.39 is 52.2 Å². The highest BCUT2D eigenvalue weighted by molar-refractivity contribution is 5.85. The molecular formula is C13H17ClF5NO. The summed E-state index contributed by atoms with van der Waals surface area (Å²) in [5, 5.41) is 9.74. The van der Waals surface area contributed by atoms with E-state index in [0.717, 1.165) is 0 Å². The van der Waals surface area contributed by atoms with Crippen LogP contribution in [-0.2, 0) is 0 Å². The maximum atomic E-state index is 13.5. The van der Waals surface area contributed by atoms with Crippen molar-refractivity contribution in [1.82, 2.24) is 0 Å². The molecule has 0 aliphatic rings. The van der Waals surface area contributed by atoms with Crippen LogP contribution in [0.3, 0.4) is 0 Å². The molecule has 0 unspecified atom stereocenters. The largest absolute Gasteiger partial charge is 0.388 e. The number of nitrogens with two attached hydrogens (primary N) is 1. The first-order valence-corrected chi connectivity index (χ1v) is 5.93. The second kappa shape index (κ2) is 6.89. The number of hydrogen-bond acceptors (Lipinski definition) is 2. The topological polar surface area (TPSA) is 46.2 Å². The summed E-state index contributed by atoms with van der Waals surface area (Å²) in [5.74, 6) is -10.5. The van der Waals surface area contributed by atoms with Gasteiger partial charge in [-0.05, 0) is 11.8 Å². The zero-order chi connectivity index (χ0) is 15.8. The molecule has 21 heavy (non-hydrogen) atoms. The Kier molecular flexibility index (Phi) is 6.59. The minimum atomic E-state index is -2.25. The average Bonchev–Trinajstić information content (AvgIpc) is 2.33.